The van der Waals surface area contributed by atoms with Crippen molar-refractivity contribution in [2.45, 2.75) is 37.9 Å². The van der Waals surface area contributed by atoms with Gasteiger partial charge in [-0.15, -0.1) is 0 Å². The second-order valence-corrected chi connectivity index (χ2v) is 5.61. The molecular weight excluding hydrogens is 257 g/mol. The Morgan fingerprint density at radius 2 is 2.30 bits per heavy atom. The average molecular weight is 281 g/mol. The van der Waals surface area contributed by atoms with E-state index in [-0.39, 0.29) is 5.82 Å². The number of benzene rings is 1. The van der Waals surface area contributed by atoms with Crippen molar-refractivity contribution in [1.29, 1.82) is 0 Å². The second-order valence-electron chi connectivity index (χ2n) is 5.61. The minimum absolute atomic E-state index is 0.300. The molecular formula is C16H24FNO2. The van der Waals surface area contributed by atoms with Crippen LogP contribution in [0.1, 0.15) is 37.4 Å². The smallest absolute Gasteiger partial charge is 0.123 e. The minimum atomic E-state index is -0.611. The van der Waals surface area contributed by atoms with Crippen LogP contribution in [0.4, 0.5) is 4.39 Å². The SMILES string of the molecule is CN(CCC(O)c1cccc(F)c1)CC1CCCCO1. The van der Waals surface area contributed by atoms with Crippen LogP contribution in [0.5, 0.6) is 0 Å². The summed E-state index contributed by atoms with van der Waals surface area (Å²) in [6, 6.07) is 6.18. The molecule has 0 aliphatic carbocycles. The van der Waals surface area contributed by atoms with Crippen LogP contribution in [0.25, 0.3) is 0 Å². The van der Waals surface area contributed by atoms with Gasteiger partial charge in [-0.3, -0.25) is 0 Å². The molecule has 2 atom stereocenters. The zero-order valence-electron chi connectivity index (χ0n) is 12.1. The van der Waals surface area contributed by atoms with Gasteiger partial charge in [-0.1, -0.05) is 12.1 Å². The fourth-order valence-electron chi connectivity index (χ4n) is 2.61. The number of aliphatic hydroxyl groups is 1. The number of hydrogen-bond donors (Lipinski definition) is 1. The van der Waals surface area contributed by atoms with Crippen LogP contribution in [0, 0.1) is 5.82 Å². The highest BCUT2D eigenvalue weighted by Gasteiger charge is 2.16. The highest BCUT2D eigenvalue weighted by molar-refractivity contribution is 5.18. The van der Waals surface area contributed by atoms with Crippen molar-refractivity contribution in [2.75, 3.05) is 26.7 Å². The van der Waals surface area contributed by atoms with E-state index < -0.39 is 6.10 Å². The topological polar surface area (TPSA) is 32.7 Å². The number of halogens is 1. The Morgan fingerprint density at radius 3 is 3.00 bits per heavy atom. The van der Waals surface area contributed by atoms with Crippen LogP contribution in [0.2, 0.25) is 0 Å². The Labute approximate surface area is 120 Å². The number of nitrogens with zero attached hydrogens (tertiary/aromatic N) is 1. The van der Waals surface area contributed by atoms with Crippen molar-refractivity contribution in [1.82, 2.24) is 4.90 Å². The van der Waals surface area contributed by atoms with Gasteiger partial charge in [0.25, 0.3) is 0 Å². The molecule has 112 valence electrons. The molecule has 1 aromatic carbocycles. The normalized spacial score (nSPS) is 21.1. The molecule has 0 aromatic heterocycles. The first kappa shape index (κ1) is 15.4. The molecule has 0 bridgehead atoms. The summed E-state index contributed by atoms with van der Waals surface area (Å²) >= 11 is 0. The molecule has 1 aliphatic heterocycles. The third kappa shape index (κ3) is 4.85. The highest BCUT2D eigenvalue weighted by atomic mass is 19.1. The van der Waals surface area contributed by atoms with Crippen molar-refractivity contribution in [3.8, 4) is 0 Å². The monoisotopic (exact) mass is 281 g/mol. The van der Waals surface area contributed by atoms with E-state index in [9.17, 15) is 9.50 Å². The lowest BCUT2D eigenvalue weighted by molar-refractivity contribution is -0.00327. The number of hydrogen-bond acceptors (Lipinski definition) is 3. The second kappa shape index (κ2) is 7.72. The fraction of sp³-hybridized carbons (Fsp3) is 0.625. The largest absolute Gasteiger partial charge is 0.388 e. The summed E-state index contributed by atoms with van der Waals surface area (Å²) in [5.41, 5.74) is 0.646. The summed E-state index contributed by atoms with van der Waals surface area (Å²) in [5.74, 6) is -0.300. The van der Waals surface area contributed by atoms with Gasteiger partial charge in [-0.05, 0) is 50.4 Å². The first-order chi connectivity index (χ1) is 9.65. The molecule has 0 radical (unpaired) electrons. The summed E-state index contributed by atoms with van der Waals surface area (Å²) in [4.78, 5) is 2.18. The Morgan fingerprint density at radius 1 is 1.45 bits per heavy atom. The van der Waals surface area contributed by atoms with E-state index in [1.807, 2.05) is 7.05 Å². The van der Waals surface area contributed by atoms with Gasteiger partial charge in [0.15, 0.2) is 0 Å². The molecule has 1 fully saturated rings. The lowest BCUT2D eigenvalue weighted by atomic mass is 10.1. The Kier molecular flexibility index (Phi) is 5.95. The molecule has 1 aromatic rings. The fourth-order valence-corrected chi connectivity index (χ4v) is 2.61. The zero-order valence-corrected chi connectivity index (χ0v) is 12.1. The van der Waals surface area contributed by atoms with Gasteiger partial charge in [0.1, 0.15) is 5.82 Å². The Bertz CT molecular complexity index is 407. The molecule has 20 heavy (non-hydrogen) atoms. The van der Waals surface area contributed by atoms with Crippen molar-refractivity contribution in [2.24, 2.45) is 0 Å². The summed E-state index contributed by atoms with van der Waals surface area (Å²) in [6.07, 6.45) is 3.84. The molecule has 0 spiro atoms. The Hall–Kier alpha value is -0.970. The van der Waals surface area contributed by atoms with Crippen LogP contribution < -0.4 is 0 Å². The lowest BCUT2D eigenvalue weighted by Gasteiger charge is -2.27. The van der Waals surface area contributed by atoms with Crippen LogP contribution in [-0.2, 0) is 4.74 Å². The van der Waals surface area contributed by atoms with Crippen molar-refractivity contribution in [3.63, 3.8) is 0 Å². The van der Waals surface area contributed by atoms with Crippen LogP contribution in [0.3, 0.4) is 0 Å². The number of rotatable bonds is 6. The van der Waals surface area contributed by atoms with Crippen LogP contribution in [0.15, 0.2) is 24.3 Å². The molecule has 1 heterocycles. The Balaban J connectivity index is 1.73. The summed E-state index contributed by atoms with van der Waals surface area (Å²) in [7, 11) is 2.04. The van der Waals surface area contributed by atoms with Gasteiger partial charge in [0.05, 0.1) is 12.2 Å². The summed E-state index contributed by atoms with van der Waals surface area (Å²) < 4.78 is 18.8. The minimum Gasteiger partial charge on any atom is -0.388 e. The first-order valence-electron chi connectivity index (χ1n) is 7.39. The van der Waals surface area contributed by atoms with Crippen molar-refractivity contribution >= 4 is 0 Å². The van der Waals surface area contributed by atoms with E-state index in [1.165, 1.54) is 25.0 Å². The molecule has 1 aliphatic rings. The maximum absolute atomic E-state index is 13.1. The quantitative estimate of drug-likeness (QED) is 0.870. The predicted octanol–water partition coefficient (Wildman–Crippen LogP) is 2.75. The van der Waals surface area contributed by atoms with Crippen molar-refractivity contribution in [3.05, 3.63) is 35.6 Å². The molecule has 3 nitrogen and oxygen atoms in total. The molecule has 0 amide bonds. The predicted molar refractivity (Wildman–Crippen MR) is 77.1 cm³/mol. The first-order valence-corrected chi connectivity index (χ1v) is 7.39. The van der Waals surface area contributed by atoms with E-state index in [4.69, 9.17) is 4.74 Å². The molecule has 1 saturated heterocycles. The third-order valence-electron chi connectivity index (χ3n) is 3.81. The van der Waals surface area contributed by atoms with Gasteiger partial charge < -0.3 is 14.7 Å². The molecule has 1 N–H and O–H groups in total. The van der Waals surface area contributed by atoms with Crippen molar-refractivity contribution < 1.29 is 14.2 Å². The van der Waals surface area contributed by atoms with Gasteiger partial charge in [0, 0.05) is 19.7 Å². The van der Waals surface area contributed by atoms with Gasteiger partial charge in [0.2, 0.25) is 0 Å². The maximum Gasteiger partial charge on any atom is 0.123 e. The van der Waals surface area contributed by atoms with E-state index in [0.717, 1.165) is 26.1 Å². The van der Waals surface area contributed by atoms with E-state index >= 15 is 0 Å². The lowest BCUT2D eigenvalue weighted by Crippen LogP contribution is -2.34. The van der Waals surface area contributed by atoms with Crippen LogP contribution >= 0.6 is 0 Å². The number of likely N-dealkylation sites (N-methyl/N-ethyl adjacent to an activating group) is 1. The third-order valence-corrected chi connectivity index (χ3v) is 3.81. The summed E-state index contributed by atoms with van der Waals surface area (Å²) in [5, 5.41) is 10.1. The molecule has 2 rings (SSSR count). The molecule has 4 heteroatoms. The number of ether oxygens (including phenoxy) is 1. The standard InChI is InChI=1S/C16H24FNO2/c1-18(12-15-7-2-3-10-20-15)9-8-16(19)13-5-4-6-14(17)11-13/h4-6,11,15-16,19H,2-3,7-10,12H2,1H3. The van der Waals surface area contributed by atoms with Crippen LogP contribution in [-0.4, -0.2) is 42.9 Å². The van der Waals surface area contributed by atoms with Gasteiger partial charge in [-0.2, -0.15) is 0 Å². The molecule has 0 saturated carbocycles. The van der Waals surface area contributed by atoms with Gasteiger partial charge in [-0.25, -0.2) is 4.39 Å². The number of aliphatic hydroxyl groups excluding tert-OH is 1. The maximum atomic E-state index is 13.1. The zero-order chi connectivity index (χ0) is 14.4. The van der Waals surface area contributed by atoms with E-state index in [1.54, 1.807) is 12.1 Å². The van der Waals surface area contributed by atoms with E-state index in [2.05, 4.69) is 4.90 Å². The summed E-state index contributed by atoms with van der Waals surface area (Å²) in [6.45, 7) is 2.54. The van der Waals surface area contributed by atoms with E-state index in [0.29, 0.717) is 18.1 Å². The average Bonchev–Trinajstić information content (AvgIpc) is 2.46. The molecule has 2 unspecified atom stereocenters. The van der Waals surface area contributed by atoms with Gasteiger partial charge >= 0.3 is 0 Å². The highest BCUT2D eigenvalue weighted by Crippen LogP contribution is 2.18.